The number of carbonyl (C=O) groups excluding carboxylic acids is 1. The van der Waals surface area contributed by atoms with Crippen LogP contribution >= 0.6 is 0 Å². The first-order chi connectivity index (χ1) is 10.6. The lowest BCUT2D eigenvalue weighted by Gasteiger charge is -2.41. The molecule has 3 rings (SSSR count). The van der Waals surface area contributed by atoms with Crippen LogP contribution in [0.3, 0.4) is 0 Å². The predicted molar refractivity (Wildman–Crippen MR) is 82.3 cm³/mol. The molecule has 0 unspecified atom stereocenters. The molecular formula is C17H23NO4. The molecule has 120 valence electrons. The van der Waals surface area contributed by atoms with E-state index in [9.17, 15) is 4.79 Å². The Kier molecular flexibility index (Phi) is 4.25. The van der Waals surface area contributed by atoms with Crippen LogP contribution in [0.1, 0.15) is 19.4 Å². The van der Waals surface area contributed by atoms with Crippen molar-refractivity contribution in [1.82, 2.24) is 4.90 Å². The third kappa shape index (κ3) is 2.77. The summed E-state index contributed by atoms with van der Waals surface area (Å²) in [4.78, 5) is 14.8. The van der Waals surface area contributed by atoms with Crippen molar-refractivity contribution in [2.45, 2.75) is 32.4 Å². The van der Waals surface area contributed by atoms with E-state index in [0.717, 1.165) is 23.5 Å². The Hall–Kier alpha value is -1.75. The van der Waals surface area contributed by atoms with E-state index in [0.29, 0.717) is 19.8 Å². The molecule has 0 aromatic heterocycles. The molecule has 1 fully saturated rings. The van der Waals surface area contributed by atoms with Crippen molar-refractivity contribution in [3.8, 4) is 11.5 Å². The molecule has 1 aromatic rings. The number of fused-ring (bicyclic) bond motifs is 1. The van der Waals surface area contributed by atoms with Crippen molar-refractivity contribution < 1.29 is 19.0 Å². The summed E-state index contributed by atoms with van der Waals surface area (Å²) in [5, 5.41) is 0. The maximum absolute atomic E-state index is 12.9. The van der Waals surface area contributed by atoms with Gasteiger partial charge in [0.2, 0.25) is 5.91 Å². The molecule has 2 aliphatic rings. The van der Waals surface area contributed by atoms with E-state index < -0.39 is 0 Å². The number of carbonyl (C=O) groups is 1. The van der Waals surface area contributed by atoms with Gasteiger partial charge in [-0.1, -0.05) is 6.07 Å². The van der Waals surface area contributed by atoms with Crippen LogP contribution in [-0.4, -0.2) is 49.8 Å². The molecular weight excluding hydrogens is 282 g/mol. The number of hydrogen-bond acceptors (Lipinski definition) is 4. The molecule has 0 radical (unpaired) electrons. The summed E-state index contributed by atoms with van der Waals surface area (Å²) in [5.74, 6) is 1.65. The van der Waals surface area contributed by atoms with E-state index in [-0.39, 0.29) is 23.9 Å². The minimum atomic E-state index is -0.121. The molecule has 0 bridgehead atoms. The minimum Gasteiger partial charge on any atom is -0.497 e. The van der Waals surface area contributed by atoms with Crippen LogP contribution in [-0.2, 0) is 16.0 Å². The van der Waals surface area contributed by atoms with Gasteiger partial charge in [0.1, 0.15) is 18.1 Å². The van der Waals surface area contributed by atoms with Crippen LogP contribution in [0.2, 0.25) is 0 Å². The van der Waals surface area contributed by atoms with Crippen molar-refractivity contribution in [2.75, 3.05) is 26.9 Å². The standard InChI is InChI=1S/C17H23NO4/c1-11-8-21-9-12(2)18(11)17(19)14-6-13-4-5-15(20-3)7-16(13)22-10-14/h4-5,7,11-12,14H,6,8-10H2,1-3H3/t11-,12+,14-/m0/s1. The van der Waals surface area contributed by atoms with Crippen LogP contribution in [0, 0.1) is 5.92 Å². The normalized spacial score (nSPS) is 27.8. The quantitative estimate of drug-likeness (QED) is 0.837. The number of hydrogen-bond donors (Lipinski definition) is 0. The van der Waals surface area contributed by atoms with Crippen molar-refractivity contribution in [3.63, 3.8) is 0 Å². The first-order valence-electron chi connectivity index (χ1n) is 7.79. The van der Waals surface area contributed by atoms with E-state index in [1.54, 1.807) is 7.11 Å². The third-order valence-corrected chi connectivity index (χ3v) is 4.45. The molecule has 2 heterocycles. The van der Waals surface area contributed by atoms with Gasteiger partial charge < -0.3 is 19.1 Å². The largest absolute Gasteiger partial charge is 0.497 e. The van der Waals surface area contributed by atoms with E-state index in [1.807, 2.05) is 36.9 Å². The monoisotopic (exact) mass is 305 g/mol. The van der Waals surface area contributed by atoms with Crippen LogP contribution in [0.5, 0.6) is 11.5 Å². The van der Waals surface area contributed by atoms with E-state index >= 15 is 0 Å². The van der Waals surface area contributed by atoms with Crippen molar-refractivity contribution in [3.05, 3.63) is 23.8 Å². The SMILES string of the molecule is COc1ccc2c(c1)OC[C@@H](C(=O)N1[C@H](C)COC[C@@H]1C)C2. The Labute approximate surface area is 131 Å². The molecule has 2 aliphatic heterocycles. The first kappa shape index (κ1) is 15.2. The first-order valence-corrected chi connectivity index (χ1v) is 7.79. The zero-order valence-electron chi connectivity index (χ0n) is 13.4. The van der Waals surface area contributed by atoms with Gasteiger partial charge in [-0.2, -0.15) is 0 Å². The van der Waals surface area contributed by atoms with Crippen LogP contribution in [0.25, 0.3) is 0 Å². The zero-order chi connectivity index (χ0) is 15.7. The second-order valence-corrected chi connectivity index (χ2v) is 6.17. The molecule has 1 saturated heterocycles. The second kappa shape index (κ2) is 6.16. The van der Waals surface area contributed by atoms with Gasteiger partial charge in [0.15, 0.2) is 0 Å². The summed E-state index contributed by atoms with van der Waals surface area (Å²) in [6.07, 6.45) is 0.717. The van der Waals surface area contributed by atoms with Gasteiger partial charge in [-0.05, 0) is 31.9 Å². The topological polar surface area (TPSA) is 48.0 Å². The third-order valence-electron chi connectivity index (χ3n) is 4.45. The molecule has 0 spiro atoms. The fourth-order valence-corrected chi connectivity index (χ4v) is 3.29. The lowest BCUT2D eigenvalue weighted by atomic mass is 9.94. The molecule has 22 heavy (non-hydrogen) atoms. The predicted octanol–water partition coefficient (Wildman–Crippen LogP) is 1.88. The van der Waals surface area contributed by atoms with E-state index in [2.05, 4.69) is 0 Å². The Morgan fingerprint density at radius 2 is 1.95 bits per heavy atom. The van der Waals surface area contributed by atoms with E-state index in [4.69, 9.17) is 14.2 Å². The average molecular weight is 305 g/mol. The van der Waals surface area contributed by atoms with Gasteiger partial charge in [-0.15, -0.1) is 0 Å². The molecule has 0 saturated carbocycles. The fraction of sp³-hybridized carbons (Fsp3) is 0.588. The highest BCUT2D eigenvalue weighted by Gasteiger charge is 2.36. The fourth-order valence-electron chi connectivity index (χ4n) is 3.29. The van der Waals surface area contributed by atoms with Gasteiger partial charge in [-0.3, -0.25) is 4.79 Å². The number of amides is 1. The number of morpholine rings is 1. The lowest BCUT2D eigenvalue weighted by Crippen LogP contribution is -2.55. The Bertz CT molecular complexity index is 550. The van der Waals surface area contributed by atoms with Crippen molar-refractivity contribution in [1.29, 1.82) is 0 Å². The second-order valence-electron chi connectivity index (χ2n) is 6.17. The van der Waals surface area contributed by atoms with E-state index in [1.165, 1.54) is 0 Å². The molecule has 3 atom stereocenters. The highest BCUT2D eigenvalue weighted by Crippen LogP contribution is 2.32. The summed E-state index contributed by atoms with van der Waals surface area (Å²) in [7, 11) is 1.64. The smallest absolute Gasteiger partial charge is 0.230 e. The molecule has 5 nitrogen and oxygen atoms in total. The zero-order valence-corrected chi connectivity index (χ0v) is 13.4. The summed E-state index contributed by atoms with van der Waals surface area (Å²) < 4.78 is 16.5. The van der Waals surface area contributed by atoms with Gasteiger partial charge in [0, 0.05) is 6.07 Å². The van der Waals surface area contributed by atoms with Gasteiger partial charge in [0.05, 0.1) is 38.3 Å². The van der Waals surface area contributed by atoms with Crippen molar-refractivity contribution >= 4 is 5.91 Å². The maximum atomic E-state index is 12.9. The Morgan fingerprint density at radius 1 is 1.23 bits per heavy atom. The molecule has 0 N–H and O–H groups in total. The van der Waals surface area contributed by atoms with Crippen LogP contribution in [0.15, 0.2) is 18.2 Å². The number of benzene rings is 1. The summed E-state index contributed by atoms with van der Waals surface area (Å²) >= 11 is 0. The number of methoxy groups -OCH3 is 1. The highest BCUT2D eigenvalue weighted by molar-refractivity contribution is 5.80. The highest BCUT2D eigenvalue weighted by atomic mass is 16.5. The molecule has 1 amide bonds. The molecule has 0 aliphatic carbocycles. The number of rotatable bonds is 2. The van der Waals surface area contributed by atoms with Gasteiger partial charge in [-0.25, -0.2) is 0 Å². The Morgan fingerprint density at radius 3 is 2.64 bits per heavy atom. The Balaban J connectivity index is 1.75. The van der Waals surface area contributed by atoms with Gasteiger partial charge >= 0.3 is 0 Å². The molecule has 5 heteroatoms. The lowest BCUT2D eigenvalue weighted by molar-refractivity contribution is -0.150. The van der Waals surface area contributed by atoms with Crippen molar-refractivity contribution in [2.24, 2.45) is 5.92 Å². The minimum absolute atomic E-state index is 0.119. The number of ether oxygens (including phenoxy) is 3. The van der Waals surface area contributed by atoms with Crippen LogP contribution in [0.4, 0.5) is 0 Å². The van der Waals surface area contributed by atoms with Crippen LogP contribution < -0.4 is 9.47 Å². The average Bonchev–Trinajstić information content (AvgIpc) is 2.53. The maximum Gasteiger partial charge on any atom is 0.230 e. The van der Waals surface area contributed by atoms with Gasteiger partial charge in [0.25, 0.3) is 0 Å². The summed E-state index contributed by atoms with van der Waals surface area (Å²) in [6, 6.07) is 6.02. The molecule has 1 aromatic carbocycles. The summed E-state index contributed by atoms with van der Waals surface area (Å²) in [6.45, 7) is 5.72. The summed E-state index contributed by atoms with van der Waals surface area (Å²) in [5.41, 5.74) is 1.07. The number of nitrogens with zero attached hydrogens (tertiary/aromatic N) is 1.